The van der Waals surface area contributed by atoms with Crippen LogP contribution >= 0.6 is 0 Å². The minimum absolute atomic E-state index is 0.954. The summed E-state index contributed by atoms with van der Waals surface area (Å²) in [7, 11) is 0. The number of hydrogen-bond acceptors (Lipinski definition) is 0. The van der Waals surface area contributed by atoms with Crippen LogP contribution in [0, 0.1) is 11.8 Å². The van der Waals surface area contributed by atoms with Crippen molar-refractivity contribution in [2.24, 2.45) is 11.8 Å². The quantitative estimate of drug-likeness (QED) is 0.676. The Balaban J connectivity index is 1.77. The molecule has 1 saturated carbocycles. The zero-order valence-electron chi connectivity index (χ0n) is 10.5. The van der Waals surface area contributed by atoms with Crippen LogP contribution < -0.4 is 0 Å². The van der Waals surface area contributed by atoms with E-state index >= 15 is 0 Å². The molecule has 0 N–H and O–H groups in total. The topological polar surface area (TPSA) is 0 Å². The van der Waals surface area contributed by atoms with Crippen LogP contribution in [0.5, 0.6) is 0 Å². The summed E-state index contributed by atoms with van der Waals surface area (Å²) in [4.78, 5) is 0. The second kappa shape index (κ2) is 6.08. The Labute approximate surface area is 100 Å². The summed E-state index contributed by atoms with van der Waals surface area (Å²) in [6.07, 6.45) is 10.0. The Bertz CT molecular complexity index is 280. The molecule has 0 aromatic heterocycles. The monoisotopic (exact) mass is 216 g/mol. The molecule has 1 aromatic carbocycles. The van der Waals surface area contributed by atoms with E-state index in [0.29, 0.717) is 0 Å². The van der Waals surface area contributed by atoms with Crippen molar-refractivity contribution >= 4 is 0 Å². The lowest BCUT2D eigenvalue weighted by Crippen LogP contribution is -2.16. The van der Waals surface area contributed by atoms with Crippen LogP contribution in [-0.4, -0.2) is 0 Å². The number of benzene rings is 1. The minimum atomic E-state index is 0.954. The lowest BCUT2D eigenvalue weighted by molar-refractivity contribution is 0.261. The molecule has 0 atom stereocenters. The molecule has 16 heavy (non-hydrogen) atoms. The van der Waals surface area contributed by atoms with Crippen molar-refractivity contribution < 1.29 is 0 Å². The molecule has 1 aromatic rings. The number of hydrogen-bond donors (Lipinski definition) is 0. The lowest BCUT2D eigenvalue weighted by Gasteiger charge is -2.28. The van der Waals surface area contributed by atoms with Crippen LogP contribution in [0.1, 0.15) is 51.0 Å². The first kappa shape index (κ1) is 11.7. The van der Waals surface area contributed by atoms with E-state index in [1.807, 2.05) is 0 Å². The summed E-state index contributed by atoms with van der Waals surface area (Å²) in [6.45, 7) is 2.32. The normalized spacial score (nSPS) is 25.6. The zero-order valence-corrected chi connectivity index (χ0v) is 10.5. The van der Waals surface area contributed by atoms with Crippen molar-refractivity contribution in [3.8, 4) is 0 Å². The van der Waals surface area contributed by atoms with E-state index in [0.717, 1.165) is 11.8 Å². The van der Waals surface area contributed by atoms with E-state index in [1.54, 1.807) is 0 Å². The van der Waals surface area contributed by atoms with Crippen LogP contribution in [0.3, 0.4) is 0 Å². The predicted molar refractivity (Wildman–Crippen MR) is 70.5 cm³/mol. The van der Waals surface area contributed by atoms with Gasteiger partial charge in [0.25, 0.3) is 0 Å². The van der Waals surface area contributed by atoms with Gasteiger partial charge in [-0.2, -0.15) is 0 Å². The third-order valence-corrected chi connectivity index (χ3v) is 4.03. The first-order chi connectivity index (χ1) is 7.88. The van der Waals surface area contributed by atoms with Crippen molar-refractivity contribution in [2.75, 3.05) is 0 Å². The van der Waals surface area contributed by atoms with Gasteiger partial charge in [-0.1, -0.05) is 62.9 Å². The highest BCUT2D eigenvalue weighted by Crippen LogP contribution is 2.33. The van der Waals surface area contributed by atoms with Crippen LogP contribution in [0.2, 0.25) is 0 Å². The molecule has 0 amide bonds. The zero-order chi connectivity index (χ0) is 11.2. The van der Waals surface area contributed by atoms with E-state index in [9.17, 15) is 0 Å². The average molecular weight is 216 g/mol. The van der Waals surface area contributed by atoms with Crippen molar-refractivity contribution in [3.05, 3.63) is 35.9 Å². The highest BCUT2D eigenvalue weighted by molar-refractivity contribution is 5.15. The summed E-state index contributed by atoms with van der Waals surface area (Å²) in [5, 5.41) is 0. The third kappa shape index (κ3) is 3.37. The number of rotatable bonds is 4. The molecule has 2 rings (SSSR count). The molecule has 0 aliphatic heterocycles. The van der Waals surface area contributed by atoms with Crippen LogP contribution in [0.4, 0.5) is 0 Å². The van der Waals surface area contributed by atoms with Crippen molar-refractivity contribution in [3.63, 3.8) is 0 Å². The first-order valence-corrected chi connectivity index (χ1v) is 6.92. The molecule has 0 spiro atoms. The molecule has 0 nitrogen and oxygen atoms in total. The molecule has 0 heteroatoms. The van der Waals surface area contributed by atoms with Crippen molar-refractivity contribution in [1.82, 2.24) is 0 Å². The van der Waals surface area contributed by atoms with E-state index in [2.05, 4.69) is 37.3 Å². The van der Waals surface area contributed by atoms with Gasteiger partial charge in [-0.3, -0.25) is 0 Å². The van der Waals surface area contributed by atoms with Gasteiger partial charge in [0, 0.05) is 0 Å². The smallest absolute Gasteiger partial charge is 0.0250 e. The van der Waals surface area contributed by atoms with Gasteiger partial charge in [-0.15, -0.1) is 0 Å². The fraction of sp³-hybridized carbons (Fsp3) is 0.625. The van der Waals surface area contributed by atoms with Gasteiger partial charge in [0.2, 0.25) is 0 Å². The first-order valence-electron chi connectivity index (χ1n) is 6.92. The Morgan fingerprint density at radius 1 is 0.938 bits per heavy atom. The maximum atomic E-state index is 2.32. The van der Waals surface area contributed by atoms with Crippen LogP contribution in [0.25, 0.3) is 0 Å². The molecule has 0 unspecified atom stereocenters. The maximum Gasteiger partial charge on any atom is -0.0250 e. The Kier molecular flexibility index (Phi) is 4.44. The summed E-state index contributed by atoms with van der Waals surface area (Å²) in [6, 6.07) is 11.0. The molecular weight excluding hydrogens is 192 g/mol. The van der Waals surface area contributed by atoms with Gasteiger partial charge in [0.05, 0.1) is 0 Å². The standard InChI is InChI=1S/C16H24/c1-2-6-14-9-11-16(12-10-14)13-15-7-4-3-5-8-15/h3-5,7-8,14,16H,2,6,9-13H2,1H3. The maximum absolute atomic E-state index is 2.32. The van der Waals surface area contributed by atoms with Gasteiger partial charge in [0.1, 0.15) is 0 Å². The van der Waals surface area contributed by atoms with Gasteiger partial charge >= 0.3 is 0 Å². The summed E-state index contributed by atoms with van der Waals surface area (Å²) in [5.74, 6) is 1.99. The molecule has 88 valence electrons. The fourth-order valence-corrected chi connectivity index (χ4v) is 3.08. The van der Waals surface area contributed by atoms with Crippen molar-refractivity contribution in [2.45, 2.75) is 51.9 Å². The Hall–Kier alpha value is -0.780. The second-order valence-electron chi connectivity index (χ2n) is 5.37. The van der Waals surface area contributed by atoms with Gasteiger partial charge in [-0.25, -0.2) is 0 Å². The third-order valence-electron chi connectivity index (χ3n) is 4.03. The lowest BCUT2D eigenvalue weighted by atomic mass is 9.78. The minimum Gasteiger partial charge on any atom is -0.0654 e. The van der Waals surface area contributed by atoms with Crippen molar-refractivity contribution in [1.29, 1.82) is 0 Å². The Morgan fingerprint density at radius 2 is 1.56 bits per heavy atom. The highest BCUT2D eigenvalue weighted by Gasteiger charge is 2.20. The van der Waals surface area contributed by atoms with Gasteiger partial charge < -0.3 is 0 Å². The molecule has 0 saturated heterocycles. The second-order valence-corrected chi connectivity index (χ2v) is 5.37. The molecule has 0 heterocycles. The van der Waals surface area contributed by atoms with E-state index in [4.69, 9.17) is 0 Å². The summed E-state index contributed by atoms with van der Waals surface area (Å²) >= 11 is 0. The van der Waals surface area contributed by atoms with E-state index in [-0.39, 0.29) is 0 Å². The highest BCUT2D eigenvalue weighted by atomic mass is 14.3. The van der Waals surface area contributed by atoms with E-state index in [1.165, 1.54) is 50.5 Å². The average Bonchev–Trinajstić information content (AvgIpc) is 2.33. The molecule has 0 radical (unpaired) electrons. The molecule has 1 fully saturated rings. The van der Waals surface area contributed by atoms with Crippen LogP contribution in [0.15, 0.2) is 30.3 Å². The molecule has 1 aliphatic rings. The molecule has 0 bridgehead atoms. The molecule has 1 aliphatic carbocycles. The summed E-state index contributed by atoms with van der Waals surface area (Å²) < 4.78 is 0. The van der Waals surface area contributed by atoms with Crippen LogP contribution in [-0.2, 0) is 6.42 Å². The summed E-state index contributed by atoms with van der Waals surface area (Å²) in [5.41, 5.74) is 1.53. The van der Waals surface area contributed by atoms with Gasteiger partial charge in [0.15, 0.2) is 0 Å². The molecular formula is C16H24. The fourth-order valence-electron chi connectivity index (χ4n) is 3.08. The largest absolute Gasteiger partial charge is 0.0654 e. The predicted octanol–water partition coefficient (Wildman–Crippen LogP) is 4.84. The van der Waals surface area contributed by atoms with Gasteiger partial charge in [-0.05, 0) is 36.7 Å². The SMILES string of the molecule is CCCC1CCC(Cc2ccccc2)CC1. The Morgan fingerprint density at radius 3 is 2.19 bits per heavy atom. The van der Waals surface area contributed by atoms with E-state index < -0.39 is 0 Å².